The van der Waals surface area contributed by atoms with Crippen LogP contribution in [0, 0.1) is 59.2 Å². The summed E-state index contributed by atoms with van der Waals surface area (Å²) in [6.07, 6.45) is 6.19. The summed E-state index contributed by atoms with van der Waals surface area (Å²) in [4.78, 5) is 25.2. The summed E-state index contributed by atoms with van der Waals surface area (Å²) in [5.74, 6) is 0.497. The number of esters is 1. The lowest BCUT2D eigenvalue weighted by Gasteiger charge is -2.35. The average Bonchev–Trinajstić information content (AvgIpc) is 3.72. The van der Waals surface area contributed by atoms with E-state index in [1.54, 1.807) is 0 Å². The van der Waals surface area contributed by atoms with Crippen molar-refractivity contribution < 1.29 is 24.5 Å². The number of carbonyl (C=O) groups is 2. The molecule has 248 valence electrons. The van der Waals surface area contributed by atoms with Gasteiger partial charge in [-0.15, -0.1) is 6.58 Å². The Labute approximate surface area is 264 Å². The van der Waals surface area contributed by atoms with Crippen LogP contribution in [-0.4, -0.2) is 83.7 Å². The number of nitrogens with one attached hydrogen (secondary N) is 4. The Hall–Kier alpha value is -1.52. The number of aliphatic carboxylic acids is 1. The van der Waals surface area contributed by atoms with Gasteiger partial charge in [0.15, 0.2) is 0 Å². The van der Waals surface area contributed by atoms with E-state index in [9.17, 15) is 19.8 Å². The zero-order valence-electron chi connectivity index (χ0n) is 27.6. The van der Waals surface area contributed by atoms with E-state index in [0.717, 1.165) is 25.7 Å². The molecule has 0 aromatic rings. The van der Waals surface area contributed by atoms with Gasteiger partial charge in [0, 0.05) is 66.6 Å². The molecular weight excluding hydrogens is 556 g/mol. The third kappa shape index (κ3) is 5.26. The minimum atomic E-state index is -0.795. The Kier molecular flexibility index (Phi) is 9.28. The van der Waals surface area contributed by atoms with Gasteiger partial charge in [0.1, 0.15) is 0 Å². The predicted octanol–water partition coefficient (Wildman–Crippen LogP) is 2.78. The van der Waals surface area contributed by atoms with Gasteiger partial charge in [0.05, 0.1) is 19.1 Å². The van der Waals surface area contributed by atoms with Gasteiger partial charge in [0.25, 0.3) is 0 Å². The molecule has 0 aromatic heterocycles. The van der Waals surface area contributed by atoms with Crippen molar-refractivity contribution in [1.82, 2.24) is 21.3 Å². The molecule has 19 atom stereocenters. The molecule has 44 heavy (non-hydrogen) atoms. The molecule has 0 amide bonds. The highest BCUT2D eigenvalue weighted by atomic mass is 16.5. The van der Waals surface area contributed by atoms with E-state index in [2.05, 4.69) is 68.5 Å². The van der Waals surface area contributed by atoms with Crippen LogP contribution >= 0.6 is 0 Å². The van der Waals surface area contributed by atoms with Crippen molar-refractivity contribution in [3.05, 3.63) is 12.7 Å². The first-order valence-corrected chi connectivity index (χ1v) is 17.6. The topological polar surface area (TPSA) is 132 Å². The second-order valence-corrected chi connectivity index (χ2v) is 15.7. The van der Waals surface area contributed by atoms with E-state index >= 15 is 0 Å². The highest BCUT2D eigenvalue weighted by Crippen LogP contribution is 2.53. The summed E-state index contributed by atoms with van der Waals surface area (Å²) in [5.41, 5.74) is 0. The molecule has 5 saturated heterocycles. The number of fused-ring (bicyclic) bond motifs is 8. The van der Waals surface area contributed by atoms with Gasteiger partial charge >= 0.3 is 11.9 Å². The van der Waals surface area contributed by atoms with Crippen LogP contribution < -0.4 is 21.3 Å². The predicted molar refractivity (Wildman–Crippen MR) is 170 cm³/mol. The summed E-state index contributed by atoms with van der Waals surface area (Å²) < 4.78 is 5.34. The van der Waals surface area contributed by atoms with Crippen molar-refractivity contribution in [3.63, 3.8) is 0 Å². The largest absolute Gasteiger partial charge is 0.481 e. The minimum absolute atomic E-state index is 0.0365. The molecule has 1 aliphatic carbocycles. The number of rotatable bonds is 6. The lowest BCUT2D eigenvalue weighted by molar-refractivity contribution is -0.152. The fourth-order valence-corrected chi connectivity index (χ4v) is 11.7. The van der Waals surface area contributed by atoms with Crippen molar-refractivity contribution in [1.29, 1.82) is 0 Å². The Balaban J connectivity index is 1.40. The van der Waals surface area contributed by atoms with Crippen molar-refractivity contribution in [2.75, 3.05) is 7.11 Å². The second-order valence-electron chi connectivity index (χ2n) is 15.7. The van der Waals surface area contributed by atoms with E-state index in [1.165, 1.54) is 7.11 Å². The Morgan fingerprint density at radius 1 is 0.795 bits per heavy atom. The highest BCUT2D eigenvalue weighted by molar-refractivity contribution is 5.74. The third-order valence-electron chi connectivity index (χ3n) is 14.1. The van der Waals surface area contributed by atoms with Crippen molar-refractivity contribution in [3.8, 4) is 0 Å². The molecule has 0 aromatic carbocycles. The maximum absolute atomic E-state index is 13.4. The Morgan fingerprint density at radius 2 is 1.36 bits per heavy atom. The SMILES string of the molecule is C=CC1C2CC3NC(CC4NC5C(C4C)C(O)C(C(=O)OC)C5C4NC(CC(N2)C1C)C(C)[C@@H]4CCC(=O)O)C(CC)C3C. The molecule has 5 aliphatic heterocycles. The van der Waals surface area contributed by atoms with Gasteiger partial charge in [-0.2, -0.15) is 0 Å². The van der Waals surface area contributed by atoms with Gasteiger partial charge in [-0.05, 0) is 67.1 Å². The Bertz CT molecular complexity index is 1090. The van der Waals surface area contributed by atoms with Crippen LogP contribution in [-0.2, 0) is 14.3 Å². The monoisotopic (exact) mass is 614 g/mol. The number of aliphatic hydroxyl groups excluding tert-OH is 1. The van der Waals surface area contributed by atoms with Gasteiger partial charge in [-0.25, -0.2) is 0 Å². The van der Waals surface area contributed by atoms with Crippen LogP contribution in [0.3, 0.4) is 0 Å². The molecule has 6 rings (SSSR count). The highest BCUT2D eigenvalue weighted by Gasteiger charge is 2.64. The summed E-state index contributed by atoms with van der Waals surface area (Å²) in [7, 11) is 1.42. The maximum atomic E-state index is 13.4. The Morgan fingerprint density at radius 3 is 2.02 bits per heavy atom. The number of carbonyl (C=O) groups excluding carboxylic acids is 1. The molecule has 9 nitrogen and oxygen atoms in total. The first kappa shape index (κ1) is 32.4. The molecular formula is C35H58N4O5. The first-order valence-electron chi connectivity index (χ1n) is 17.6. The van der Waals surface area contributed by atoms with E-state index in [4.69, 9.17) is 4.74 Å². The molecule has 9 heteroatoms. The molecule has 6 aliphatic rings. The fraction of sp³-hybridized carbons (Fsp3) is 0.886. The molecule has 8 bridgehead atoms. The molecule has 18 unspecified atom stereocenters. The van der Waals surface area contributed by atoms with Crippen molar-refractivity contribution >= 4 is 11.9 Å². The lowest BCUT2D eigenvalue weighted by Crippen LogP contribution is -2.52. The average molecular weight is 615 g/mol. The maximum Gasteiger partial charge on any atom is 0.311 e. The number of carboxylic acid groups (broad SMARTS) is 1. The molecule has 0 radical (unpaired) electrons. The molecule has 6 N–H and O–H groups in total. The standard InChI is InChI=1S/C35H58N4O5/c1-8-19-15(3)22-12-24-17(5)21(10-11-28(40)41)32(38-24)30-31(35(43)44-7)34(42)29-18(6)25(39-33(29)30)14-27-20(9-2)16(4)23(37-27)13-26(19)36-22/h8,15-27,29-34,36-39,42H,1,9-14H2,2-7H3,(H,40,41)/t15?,16?,17?,18?,19?,20?,21-,22?,23?,24?,25?,26?,27?,29?,30?,31?,32?,33?,34?/m0/s1. The number of aliphatic hydroxyl groups is 1. The van der Waals surface area contributed by atoms with Crippen LogP contribution in [0.5, 0.6) is 0 Å². The first-order chi connectivity index (χ1) is 21.0. The van der Waals surface area contributed by atoms with Crippen LogP contribution in [0.2, 0.25) is 0 Å². The number of carboxylic acids is 1. The number of methoxy groups -OCH3 is 1. The molecule has 6 fully saturated rings. The van der Waals surface area contributed by atoms with Gasteiger partial charge in [-0.1, -0.05) is 47.1 Å². The summed E-state index contributed by atoms with van der Waals surface area (Å²) in [5, 5.41) is 37.8. The zero-order valence-corrected chi connectivity index (χ0v) is 27.6. The summed E-state index contributed by atoms with van der Waals surface area (Å²) >= 11 is 0. The number of hydrogen-bond donors (Lipinski definition) is 6. The van der Waals surface area contributed by atoms with Crippen LogP contribution in [0.1, 0.15) is 73.1 Å². The number of ether oxygens (including phenoxy) is 1. The minimum Gasteiger partial charge on any atom is -0.481 e. The smallest absolute Gasteiger partial charge is 0.311 e. The van der Waals surface area contributed by atoms with Crippen LogP contribution in [0.4, 0.5) is 0 Å². The third-order valence-corrected chi connectivity index (χ3v) is 14.1. The summed E-state index contributed by atoms with van der Waals surface area (Å²) in [6.45, 7) is 15.9. The van der Waals surface area contributed by atoms with Gasteiger partial charge in [-0.3, -0.25) is 9.59 Å². The van der Waals surface area contributed by atoms with E-state index in [-0.39, 0.29) is 66.1 Å². The van der Waals surface area contributed by atoms with Gasteiger partial charge in [0.2, 0.25) is 0 Å². The quantitative estimate of drug-likeness (QED) is 0.198. The second kappa shape index (κ2) is 12.6. The van der Waals surface area contributed by atoms with Crippen LogP contribution in [0.15, 0.2) is 12.7 Å². The normalized spacial score (nSPS) is 53.1. The zero-order chi connectivity index (χ0) is 31.6. The van der Waals surface area contributed by atoms with Gasteiger partial charge < -0.3 is 36.2 Å². The molecule has 0 spiro atoms. The fourth-order valence-electron chi connectivity index (χ4n) is 11.7. The van der Waals surface area contributed by atoms with E-state index in [0.29, 0.717) is 54.3 Å². The van der Waals surface area contributed by atoms with E-state index in [1.807, 2.05) is 0 Å². The lowest BCUT2D eigenvalue weighted by atomic mass is 9.75. The summed E-state index contributed by atoms with van der Waals surface area (Å²) in [6, 6.07) is 1.81. The molecule has 1 saturated carbocycles. The molecule has 5 heterocycles. The van der Waals surface area contributed by atoms with E-state index < -0.39 is 18.0 Å². The van der Waals surface area contributed by atoms with Crippen molar-refractivity contribution in [2.45, 2.75) is 128 Å². The van der Waals surface area contributed by atoms with Crippen LogP contribution in [0.25, 0.3) is 0 Å². The van der Waals surface area contributed by atoms with Crippen molar-refractivity contribution in [2.24, 2.45) is 59.2 Å². The number of hydrogen-bond acceptors (Lipinski definition) is 8.